The van der Waals surface area contributed by atoms with Gasteiger partial charge in [-0.1, -0.05) is 12.1 Å². The molecule has 0 radical (unpaired) electrons. The van der Waals surface area contributed by atoms with Crippen molar-refractivity contribution in [2.75, 3.05) is 12.4 Å². The molecule has 94 valence electrons. The van der Waals surface area contributed by atoms with E-state index in [2.05, 4.69) is 12.6 Å². The van der Waals surface area contributed by atoms with Gasteiger partial charge < -0.3 is 9.15 Å². The molecule has 0 fully saturated rings. The highest BCUT2D eigenvalue weighted by atomic mass is 32.1. The molecular weight excluding hydrogens is 246 g/mol. The Morgan fingerprint density at radius 3 is 2.83 bits per heavy atom. The van der Waals surface area contributed by atoms with Crippen LogP contribution in [0.15, 0.2) is 28.7 Å². The summed E-state index contributed by atoms with van der Waals surface area (Å²) in [7, 11) is 0. The van der Waals surface area contributed by atoms with Gasteiger partial charge in [-0.25, -0.2) is 0 Å². The smallest absolute Gasteiger partial charge is 0.246 e. The van der Waals surface area contributed by atoms with E-state index in [9.17, 15) is 0 Å². The topological polar surface area (TPSA) is 46.2 Å². The second-order valence-electron chi connectivity index (χ2n) is 4.00. The summed E-state index contributed by atoms with van der Waals surface area (Å²) < 4.78 is 11.1. The van der Waals surface area contributed by atoms with Crippen LogP contribution in [0.2, 0.25) is 0 Å². The van der Waals surface area contributed by atoms with E-state index in [0.29, 0.717) is 17.9 Å². The van der Waals surface area contributed by atoms with Crippen molar-refractivity contribution in [1.29, 1.82) is 5.26 Å². The molecule has 0 saturated heterocycles. The lowest BCUT2D eigenvalue weighted by Gasteiger charge is -2.03. The summed E-state index contributed by atoms with van der Waals surface area (Å²) >= 11 is 4.16. The molecule has 1 aromatic heterocycles. The lowest BCUT2D eigenvalue weighted by Crippen LogP contribution is -1.98. The molecule has 0 aliphatic heterocycles. The van der Waals surface area contributed by atoms with Crippen LogP contribution in [0.25, 0.3) is 11.0 Å². The Kier molecular flexibility index (Phi) is 4.54. The van der Waals surface area contributed by atoms with Gasteiger partial charge in [0.2, 0.25) is 5.76 Å². The van der Waals surface area contributed by atoms with Gasteiger partial charge in [0.1, 0.15) is 11.7 Å². The minimum Gasteiger partial charge on any atom is -0.488 e. The maximum Gasteiger partial charge on any atom is 0.246 e. The third kappa shape index (κ3) is 2.80. The van der Waals surface area contributed by atoms with E-state index in [1.165, 1.54) is 0 Å². The Balaban J connectivity index is 2.09. The molecule has 0 amide bonds. The van der Waals surface area contributed by atoms with Crippen LogP contribution in [-0.2, 0) is 0 Å². The van der Waals surface area contributed by atoms with Crippen molar-refractivity contribution in [2.45, 2.75) is 19.3 Å². The van der Waals surface area contributed by atoms with E-state index >= 15 is 0 Å². The summed E-state index contributed by atoms with van der Waals surface area (Å²) in [5, 5.41) is 9.89. The number of nitrogens with zero attached hydrogens (tertiary/aromatic N) is 1. The molecule has 18 heavy (non-hydrogen) atoms. The summed E-state index contributed by atoms with van der Waals surface area (Å²) in [5.74, 6) is 1.72. The van der Waals surface area contributed by atoms with E-state index < -0.39 is 0 Å². The normalized spacial score (nSPS) is 10.4. The quantitative estimate of drug-likeness (QED) is 0.635. The Morgan fingerprint density at radius 2 is 2.06 bits per heavy atom. The van der Waals surface area contributed by atoms with E-state index in [1.807, 2.05) is 30.3 Å². The first-order valence-corrected chi connectivity index (χ1v) is 6.65. The van der Waals surface area contributed by atoms with Crippen LogP contribution in [0.3, 0.4) is 0 Å². The number of para-hydroxylation sites is 1. The van der Waals surface area contributed by atoms with Crippen molar-refractivity contribution >= 4 is 23.6 Å². The van der Waals surface area contributed by atoms with Crippen LogP contribution in [-0.4, -0.2) is 12.4 Å². The molecule has 0 aliphatic rings. The largest absolute Gasteiger partial charge is 0.488 e. The average Bonchev–Trinajstić information content (AvgIpc) is 2.77. The summed E-state index contributed by atoms with van der Waals surface area (Å²) in [6, 6.07) is 9.56. The van der Waals surface area contributed by atoms with Crippen LogP contribution >= 0.6 is 12.6 Å². The molecule has 1 aromatic carbocycles. The first kappa shape index (κ1) is 12.8. The number of nitriles is 1. The van der Waals surface area contributed by atoms with Crippen LogP contribution in [0, 0.1) is 11.3 Å². The van der Waals surface area contributed by atoms with Gasteiger partial charge in [-0.2, -0.15) is 17.9 Å². The monoisotopic (exact) mass is 261 g/mol. The van der Waals surface area contributed by atoms with Gasteiger partial charge in [0, 0.05) is 0 Å². The van der Waals surface area contributed by atoms with Gasteiger partial charge in [-0.05, 0) is 37.1 Å². The van der Waals surface area contributed by atoms with Crippen molar-refractivity contribution in [1.82, 2.24) is 0 Å². The van der Waals surface area contributed by atoms with E-state index in [1.54, 1.807) is 0 Å². The molecule has 0 spiro atoms. The molecule has 0 aliphatic carbocycles. The molecule has 4 heteroatoms. The number of unbranched alkanes of at least 4 members (excludes halogenated alkanes) is 2. The summed E-state index contributed by atoms with van der Waals surface area (Å²) in [5.41, 5.74) is 0.694. The fourth-order valence-corrected chi connectivity index (χ4v) is 2.03. The minimum absolute atomic E-state index is 0.255. The fourth-order valence-electron chi connectivity index (χ4n) is 1.80. The molecule has 0 saturated carbocycles. The average molecular weight is 261 g/mol. The van der Waals surface area contributed by atoms with Gasteiger partial charge >= 0.3 is 0 Å². The first-order chi connectivity index (χ1) is 8.86. The molecule has 2 rings (SSSR count). The maximum absolute atomic E-state index is 9.03. The number of hydrogen-bond donors (Lipinski definition) is 1. The van der Waals surface area contributed by atoms with Crippen molar-refractivity contribution in [3.8, 4) is 11.8 Å². The molecule has 0 unspecified atom stereocenters. The summed E-state index contributed by atoms with van der Waals surface area (Å²) in [6.07, 6.45) is 3.13. The third-order valence-corrected chi connectivity index (χ3v) is 3.02. The molecular formula is C14H15NO2S. The van der Waals surface area contributed by atoms with Gasteiger partial charge in [0.25, 0.3) is 0 Å². The Morgan fingerprint density at radius 1 is 1.22 bits per heavy atom. The Bertz CT molecular complexity index is 556. The first-order valence-electron chi connectivity index (χ1n) is 6.02. The summed E-state index contributed by atoms with van der Waals surface area (Å²) in [4.78, 5) is 0. The number of furan rings is 1. The molecule has 2 aromatic rings. The Labute approximate surface area is 112 Å². The van der Waals surface area contributed by atoms with Gasteiger partial charge in [0.15, 0.2) is 5.75 Å². The highest BCUT2D eigenvalue weighted by molar-refractivity contribution is 7.80. The number of hydrogen-bond acceptors (Lipinski definition) is 4. The molecule has 0 bridgehead atoms. The highest BCUT2D eigenvalue weighted by Gasteiger charge is 2.14. The van der Waals surface area contributed by atoms with Gasteiger partial charge in [-0.3, -0.25) is 0 Å². The highest BCUT2D eigenvalue weighted by Crippen LogP contribution is 2.32. The van der Waals surface area contributed by atoms with E-state index in [4.69, 9.17) is 14.4 Å². The van der Waals surface area contributed by atoms with Crippen molar-refractivity contribution in [3.63, 3.8) is 0 Å². The zero-order valence-corrected chi connectivity index (χ0v) is 11.0. The van der Waals surface area contributed by atoms with Crippen LogP contribution in [0.5, 0.6) is 5.75 Å². The van der Waals surface area contributed by atoms with Crippen molar-refractivity contribution in [3.05, 3.63) is 30.0 Å². The SMILES string of the molecule is N#Cc1oc2ccccc2c1OCCCCCS. The number of benzene rings is 1. The molecule has 3 nitrogen and oxygen atoms in total. The lowest BCUT2D eigenvalue weighted by molar-refractivity contribution is 0.304. The van der Waals surface area contributed by atoms with Gasteiger partial charge in [0.05, 0.1) is 12.0 Å². The zero-order chi connectivity index (χ0) is 12.8. The molecule has 1 heterocycles. The summed E-state index contributed by atoms with van der Waals surface area (Å²) in [6.45, 7) is 0.603. The maximum atomic E-state index is 9.03. The third-order valence-electron chi connectivity index (χ3n) is 2.70. The van der Waals surface area contributed by atoms with Crippen LogP contribution in [0.1, 0.15) is 25.0 Å². The van der Waals surface area contributed by atoms with Crippen LogP contribution < -0.4 is 4.74 Å². The zero-order valence-electron chi connectivity index (χ0n) is 10.1. The fraction of sp³-hybridized carbons (Fsp3) is 0.357. The lowest BCUT2D eigenvalue weighted by atomic mass is 10.2. The van der Waals surface area contributed by atoms with E-state index in [0.717, 1.165) is 30.4 Å². The van der Waals surface area contributed by atoms with Gasteiger partial charge in [-0.15, -0.1) is 0 Å². The predicted molar refractivity (Wildman–Crippen MR) is 74.1 cm³/mol. The van der Waals surface area contributed by atoms with Crippen LogP contribution in [0.4, 0.5) is 0 Å². The standard InChI is InChI=1S/C14H15NO2S/c15-10-13-14(16-8-4-1-5-9-18)11-6-2-3-7-12(11)17-13/h2-3,6-7,18H,1,4-5,8-9H2. The minimum atomic E-state index is 0.255. The second-order valence-corrected chi connectivity index (χ2v) is 4.45. The predicted octanol–water partition coefficient (Wildman–Crippen LogP) is 3.78. The number of ether oxygens (including phenoxy) is 1. The molecule has 0 N–H and O–H groups in total. The van der Waals surface area contributed by atoms with Crippen molar-refractivity contribution in [2.24, 2.45) is 0 Å². The number of thiol groups is 1. The van der Waals surface area contributed by atoms with E-state index in [-0.39, 0.29) is 5.76 Å². The number of fused-ring (bicyclic) bond motifs is 1. The van der Waals surface area contributed by atoms with Crippen molar-refractivity contribution < 1.29 is 9.15 Å². The second kappa shape index (κ2) is 6.36. The Hall–Kier alpha value is -1.60. The number of rotatable bonds is 6. The molecule has 0 atom stereocenters.